The Hall–Kier alpha value is -2.44. The highest BCUT2D eigenvalue weighted by atomic mass is 32.2. The molecule has 5 nitrogen and oxygen atoms in total. The van der Waals surface area contributed by atoms with Gasteiger partial charge < -0.3 is 19.9 Å². The lowest BCUT2D eigenvalue weighted by molar-refractivity contribution is 0.0944. The molecule has 1 aromatic heterocycles. The van der Waals surface area contributed by atoms with Gasteiger partial charge in [-0.3, -0.25) is 4.79 Å². The van der Waals surface area contributed by atoms with Gasteiger partial charge in [0.2, 0.25) is 0 Å². The first-order valence-corrected chi connectivity index (χ1v) is 9.25. The van der Waals surface area contributed by atoms with Gasteiger partial charge in [-0.1, -0.05) is 30.0 Å². The van der Waals surface area contributed by atoms with Crippen LogP contribution in [-0.4, -0.2) is 50.1 Å². The van der Waals surface area contributed by atoms with E-state index < -0.39 is 0 Å². The number of aromatic nitrogens is 1. The molecule has 0 fully saturated rings. The Balaban J connectivity index is 1.96. The summed E-state index contributed by atoms with van der Waals surface area (Å²) in [5.41, 5.74) is 1.47. The van der Waals surface area contributed by atoms with Crippen LogP contribution in [0.2, 0.25) is 0 Å². The average molecular weight is 369 g/mol. The predicted octanol–water partition coefficient (Wildman–Crippen LogP) is 3.62. The van der Waals surface area contributed by atoms with E-state index in [1.54, 1.807) is 18.9 Å². The van der Waals surface area contributed by atoms with Gasteiger partial charge in [-0.25, -0.2) is 0 Å². The molecule has 2 N–H and O–H groups in total. The second-order valence-electron chi connectivity index (χ2n) is 6.21. The first-order chi connectivity index (χ1) is 12.6. The lowest BCUT2D eigenvalue weighted by atomic mass is 10.2. The number of hydrogen-bond donors (Lipinski definition) is 2. The van der Waals surface area contributed by atoms with Crippen LogP contribution in [0.4, 0.5) is 0 Å². The number of rotatable bonds is 7. The summed E-state index contributed by atoms with van der Waals surface area (Å²) in [5, 5.41) is 4.00. The maximum atomic E-state index is 12.8. The molecule has 0 unspecified atom stereocenters. The van der Waals surface area contributed by atoms with Gasteiger partial charge in [-0.15, -0.1) is 0 Å². The van der Waals surface area contributed by atoms with Gasteiger partial charge in [0.1, 0.15) is 11.4 Å². The van der Waals surface area contributed by atoms with Gasteiger partial charge in [0.25, 0.3) is 5.91 Å². The van der Waals surface area contributed by atoms with Gasteiger partial charge in [0, 0.05) is 29.4 Å². The fourth-order valence-corrected chi connectivity index (χ4v) is 3.69. The van der Waals surface area contributed by atoms with Crippen LogP contribution in [0.5, 0.6) is 5.75 Å². The minimum absolute atomic E-state index is 0.0968. The largest absolute Gasteiger partial charge is 0.497 e. The minimum Gasteiger partial charge on any atom is -0.497 e. The molecule has 0 saturated heterocycles. The molecule has 0 saturated carbocycles. The molecule has 1 heterocycles. The quantitative estimate of drug-likeness (QED) is 0.668. The zero-order chi connectivity index (χ0) is 18.5. The van der Waals surface area contributed by atoms with Gasteiger partial charge in [0.15, 0.2) is 0 Å². The Morgan fingerprint density at radius 1 is 1.19 bits per heavy atom. The number of aromatic amines is 1. The second kappa shape index (κ2) is 8.29. The van der Waals surface area contributed by atoms with E-state index in [1.165, 1.54) is 0 Å². The number of nitrogens with one attached hydrogen (secondary N) is 2. The van der Waals surface area contributed by atoms with Crippen LogP contribution in [-0.2, 0) is 0 Å². The molecule has 0 aliphatic rings. The van der Waals surface area contributed by atoms with Crippen molar-refractivity contribution < 1.29 is 9.53 Å². The molecule has 0 atom stereocenters. The number of hydrogen-bond acceptors (Lipinski definition) is 4. The third-order valence-electron chi connectivity index (χ3n) is 3.99. The number of H-pyrrole nitrogens is 1. The number of amides is 1. The Morgan fingerprint density at radius 3 is 2.65 bits per heavy atom. The van der Waals surface area contributed by atoms with E-state index in [9.17, 15) is 4.79 Å². The predicted molar refractivity (Wildman–Crippen MR) is 106 cm³/mol. The molecule has 0 bridgehead atoms. The number of methoxy groups -OCH3 is 1. The lowest BCUT2D eigenvalue weighted by Crippen LogP contribution is -2.31. The summed E-state index contributed by atoms with van der Waals surface area (Å²) in [6.45, 7) is 1.39. The van der Waals surface area contributed by atoms with E-state index in [4.69, 9.17) is 4.74 Å². The zero-order valence-corrected chi connectivity index (χ0v) is 16.0. The molecule has 2 aromatic carbocycles. The van der Waals surface area contributed by atoms with Crippen molar-refractivity contribution in [3.63, 3.8) is 0 Å². The van der Waals surface area contributed by atoms with Crippen molar-refractivity contribution in [1.82, 2.24) is 15.2 Å². The Labute approximate surface area is 157 Å². The Bertz CT molecular complexity index is 891. The van der Waals surface area contributed by atoms with Crippen molar-refractivity contribution >= 4 is 28.6 Å². The lowest BCUT2D eigenvalue weighted by Gasteiger charge is -2.10. The topological polar surface area (TPSA) is 57.4 Å². The molecular formula is C20H23N3O2S. The number of carbonyl (C=O) groups excluding carboxylic acids is 1. The second-order valence-corrected chi connectivity index (χ2v) is 7.30. The van der Waals surface area contributed by atoms with E-state index in [1.807, 2.05) is 67.5 Å². The summed E-state index contributed by atoms with van der Waals surface area (Å²) in [4.78, 5) is 20.1. The van der Waals surface area contributed by atoms with Gasteiger partial charge in [-0.05, 0) is 38.4 Å². The smallest absolute Gasteiger partial charge is 0.268 e. The number of benzene rings is 2. The van der Waals surface area contributed by atoms with E-state index >= 15 is 0 Å². The van der Waals surface area contributed by atoms with E-state index in [-0.39, 0.29) is 5.91 Å². The van der Waals surface area contributed by atoms with Crippen molar-refractivity contribution in [2.24, 2.45) is 0 Å². The number of ether oxygens (including phenoxy) is 1. The van der Waals surface area contributed by atoms with Crippen molar-refractivity contribution in [3.05, 3.63) is 54.2 Å². The zero-order valence-electron chi connectivity index (χ0n) is 15.2. The molecule has 136 valence electrons. The van der Waals surface area contributed by atoms with Crippen molar-refractivity contribution in [3.8, 4) is 5.75 Å². The highest BCUT2D eigenvalue weighted by Gasteiger charge is 2.19. The van der Waals surface area contributed by atoms with Crippen LogP contribution in [0.25, 0.3) is 10.9 Å². The highest BCUT2D eigenvalue weighted by Crippen LogP contribution is 2.37. The van der Waals surface area contributed by atoms with Crippen LogP contribution >= 0.6 is 11.8 Å². The molecule has 0 aliphatic carbocycles. The summed E-state index contributed by atoms with van der Waals surface area (Å²) in [6, 6.07) is 15.9. The first-order valence-electron chi connectivity index (χ1n) is 8.44. The standard InChI is InChI=1S/C20H23N3O2S/c1-23(2)12-11-21-20(24)18-19(26-15-7-5-4-6-8-15)16-10-9-14(25-3)13-17(16)22-18/h4-10,13,22H,11-12H2,1-3H3,(H,21,24). The number of nitrogens with zero attached hydrogens (tertiary/aromatic N) is 1. The van der Waals surface area contributed by atoms with Crippen LogP contribution in [0.15, 0.2) is 58.3 Å². The van der Waals surface area contributed by atoms with Crippen LogP contribution in [0.3, 0.4) is 0 Å². The molecule has 0 spiro atoms. The number of carbonyl (C=O) groups is 1. The van der Waals surface area contributed by atoms with Crippen LogP contribution in [0, 0.1) is 0 Å². The molecular weight excluding hydrogens is 346 g/mol. The van der Waals surface area contributed by atoms with Gasteiger partial charge >= 0.3 is 0 Å². The summed E-state index contributed by atoms with van der Waals surface area (Å²) < 4.78 is 5.31. The van der Waals surface area contributed by atoms with Crippen LogP contribution < -0.4 is 10.1 Å². The first kappa shape index (κ1) is 18.4. The van der Waals surface area contributed by atoms with E-state index in [2.05, 4.69) is 10.3 Å². The summed E-state index contributed by atoms with van der Waals surface area (Å²) in [6.07, 6.45) is 0. The molecule has 0 aliphatic heterocycles. The Morgan fingerprint density at radius 2 is 1.96 bits per heavy atom. The third-order valence-corrected chi connectivity index (χ3v) is 5.13. The monoisotopic (exact) mass is 369 g/mol. The summed E-state index contributed by atoms with van der Waals surface area (Å²) in [7, 11) is 5.61. The van der Waals surface area contributed by atoms with Gasteiger partial charge in [0.05, 0.1) is 17.5 Å². The van der Waals surface area contributed by atoms with E-state index in [0.717, 1.165) is 33.0 Å². The van der Waals surface area contributed by atoms with Crippen molar-refractivity contribution in [2.75, 3.05) is 34.3 Å². The fraction of sp³-hybridized carbons (Fsp3) is 0.250. The molecule has 3 aromatic rings. The van der Waals surface area contributed by atoms with Crippen LogP contribution in [0.1, 0.15) is 10.5 Å². The molecule has 1 amide bonds. The minimum atomic E-state index is -0.0968. The number of fused-ring (bicyclic) bond motifs is 1. The Kier molecular flexibility index (Phi) is 5.85. The van der Waals surface area contributed by atoms with E-state index in [0.29, 0.717) is 12.2 Å². The van der Waals surface area contributed by atoms with Crippen molar-refractivity contribution in [1.29, 1.82) is 0 Å². The average Bonchev–Trinajstić information content (AvgIpc) is 3.00. The highest BCUT2D eigenvalue weighted by molar-refractivity contribution is 7.99. The SMILES string of the molecule is COc1ccc2c(Sc3ccccc3)c(C(=O)NCCN(C)C)[nH]c2c1. The summed E-state index contributed by atoms with van der Waals surface area (Å²) in [5.74, 6) is 0.662. The third kappa shape index (κ3) is 4.20. The molecule has 26 heavy (non-hydrogen) atoms. The molecule has 0 radical (unpaired) electrons. The maximum Gasteiger partial charge on any atom is 0.268 e. The molecule has 6 heteroatoms. The maximum absolute atomic E-state index is 12.8. The fourth-order valence-electron chi connectivity index (χ4n) is 2.63. The molecule has 3 rings (SSSR count). The van der Waals surface area contributed by atoms with Gasteiger partial charge in [-0.2, -0.15) is 0 Å². The summed E-state index contributed by atoms with van der Waals surface area (Å²) >= 11 is 1.59. The number of likely N-dealkylation sites (N-methyl/N-ethyl adjacent to an activating group) is 1. The van der Waals surface area contributed by atoms with Crippen molar-refractivity contribution in [2.45, 2.75) is 9.79 Å². The normalized spacial score (nSPS) is 11.1.